The van der Waals surface area contributed by atoms with E-state index in [-0.39, 0.29) is 16.2 Å². The van der Waals surface area contributed by atoms with Crippen molar-refractivity contribution in [1.82, 2.24) is 5.32 Å². The van der Waals surface area contributed by atoms with Crippen molar-refractivity contribution in [3.05, 3.63) is 64.6 Å². The van der Waals surface area contributed by atoms with E-state index >= 15 is 0 Å². The minimum Gasteiger partial charge on any atom is -0.478 e. The molecule has 0 unspecified atom stereocenters. The van der Waals surface area contributed by atoms with Crippen LogP contribution in [-0.4, -0.2) is 33.7 Å². The van der Waals surface area contributed by atoms with Gasteiger partial charge >= 0.3 is 11.7 Å². The first-order valence-corrected chi connectivity index (χ1v) is 6.74. The number of carboxylic acid groups (broad SMARTS) is 1. The third-order valence-corrected chi connectivity index (χ3v) is 3.37. The van der Waals surface area contributed by atoms with Crippen LogP contribution in [0.4, 0.5) is 11.4 Å². The fourth-order valence-electron chi connectivity index (χ4n) is 2.20. The van der Waals surface area contributed by atoms with Crippen LogP contribution in [0.15, 0.2) is 53.6 Å². The van der Waals surface area contributed by atoms with E-state index in [1.54, 1.807) is 35.3 Å². The molecule has 0 radical (unpaired) electrons. The average molecular weight is 313 g/mol. The quantitative estimate of drug-likeness (QED) is 0.745. The molecule has 2 aromatic carbocycles. The number of carboxylic acids is 1. The topological polar surface area (TPSA) is 105 Å². The van der Waals surface area contributed by atoms with E-state index in [9.17, 15) is 9.70 Å². The summed E-state index contributed by atoms with van der Waals surface area (Å²) in [6.45, 7) is 0.409. The lowest BCUT2D eigenvalue weighted by Crippen LogP contribution is -2.24. The van der Waals surface area contributed by atoms with Gasteiger partial charge in [-0.2, -0.15) is 5.10 Å². The number of carbonyl (C=O) groups is 1. The van der Waals surface area contributed by atoms with Crippen LogP contribution in [0.25, 0.3) is 0 Å². The molecule has 1 aliphatic rings. The summed E-state index contributed by atoms with van der Waals surface area (Å²) >= 11 is 0. The highest BCUT2D eigenvalue weighted by Crippen LogP contribution is 2.21. The Morgan fingerprint density at radius 2 is 1.96 bits per heavy atom. The predicted molar refractivity (Wildman–Crippen MR) is 81.9 cm³/mol. The van der Waals surface area contributed by atoms with Crippen molar-refractivity contribution in [3.8, 4) is 0 Å². The zero-order chi connectivity index (χ0) is 16.4. The van der Waals surface area contributed by atoms with Crippen molar-refractivity contribution in [2.75, 3.05) is 11.7 Å². The molecule has 0 fully saturated rings. The Balaban J connectivity index is 1.84. The van der Waals surface area contributed by atoms with E-state index < -0.39 is 5.97 Å². The molecular formula is C15H13N4O4+. The minimum atomic E-state index is -0.996. The molecule has 0 bridgehead atoms. The molecule has 1 heterocycles. The van der Waals surface area contributed by atoms with Gasteiger partial charge in [-0.15, -0.1) is 0 Å². The number of hydrogen-bond acceptors (Lipinski definition) is 5. The summed E-state index contributed by atoms with van der Waals surface area (Å²) in [4.78, 5) is 21.6. The van der Waals surface area contributed by atoms with Crippen LogP contribution in [-0.2, 0) is 0 Å². The van der Waals surface area contributed by atoms with E-state index in [0.717, 1.165) is 5.69 Å². The van der Waals surface area contributed by atoms with Crippen LogP contribution in [0.1, 0.15) is 15.9 Å². The molecule has 23 heavy (non-hydrogen) atoms. The monoisotopic (exact) mass is 313 g/mol. The molecular weight excluding hydrogens is 300 g/mol. The second-order valence-electron chi connectivity index (χ2n) is 4.86. The van der Waals surface area contributed by atoms with Gasteiger partial charge in [-0.25, -0.2) is 15.0 Å². The van der Waals surface area contributed by atoms with Gasteiger partial charge in [-0.3, -0.25) is 0 Å². The summed E-state index contributed by atoms with van der Waals surface area (Å²) in [5.41, 5.74) is 1.71. The van der Waals surface area contributed by atoms with Crippen molar-refractivity contribution >= 4 is 23.2 Å². The van der Waals surface area contributed by atoms with Gasteiger partial charge in [0.15, 0.2) is 5.84 Å². The molecule has 2 aromatic rings. The lowest BCUT2D eigenvalue weighted by Gasteiger charge is -2.11. The zero-order valence-electron chi connectivity index (χ0n) is 11.9. The first kappa shape index (κ1) is 14.5. The van der Waals surface area contributed by atoms with E-state index in [2.05, 4.69) is 10.4 Å². The number of hydrazone groups is 1. The first-order chi connectivity index (χ1) is 11.0. The van der Waals surface area contributed by atoms with Gasteiger partial charge in [0, 0.05) is 17.7 Å². The maximum Gasteiger partial charge on any atom is 0.335 e. The van der Waals surface area contributed by atoms with Gasteiger partial charge in [0.1, 0.15) is 6.67 Å². The van der Waals surface area contributed by atoms with Crippen LogP contribution < -0.4 is 10.3 Å². The van der Waals surface area contributed by atoms with Crippen molar-refractivity contribution in [2.45, 2.75) is 0 Å². The number of rotatable bonds is 4. The number of amidine groups is 1. The molecule has 0 saturated heterocycles. The molecule has 1 aliphatic heterocycles. The second kappa shape index (κ2) is 5.76. The van der Waals surface area contributed by atoms with Crippen molar-refractivity contribution < 1.29 is 20.0 Å². The van der Waals surface area contributed by atoms with Gasteiger partial charge in [-0.05, 0) is 24.3 Å². The van der Waals surface area contributed by atoms with Crippen LogP contribution in [0, 0.1) is 4.91 Å². The fourth-order valence-corrected chi connectivity index (χ4v) is 2.20. The lowest BCUT2D eigenvalue weighted by atomic mass is 10.1. The summed E-state index contributed by atoms with van der Waals surface area (Å²) in [7, 11) is 0. The number of aromatic carboxylic acids is 1. The maximum atomic E-state index is 11.0. The highest BCUT2D eigenvalue weighted by atomic mass is 16.6. The molecule has 8 nitrogen and oxygen atoms in total. The molecule has 0 aliphatic carbocycles. The predicted octanol–water partition coefficient (Wildman–Crippen LogP) is 1.91. The van der Waals surface area contributed by atoms with Crippen molar-refractivity contribution in [2.24, 2.45) is 5.10 Å². The molecule has 0 atom stereocenters. The molecule has 0 spiro atoms. The minimum absolute atomic E-state index is 0.124. The highest BCUT2D eigenvalue weighted by Gasteiger charge is 2.19. The molecule has 3 rings (SSSR count). The Morgan fingerprint density at radius 3 is 2.61 bits per heavy atom. The maximum absolute atomic E-state index is 11.0. The van der Waals surface area contributed by atoms with Crippen molar-refractivity contribution in [1.29, 1.82) is 0 Å². The van der Waals surface area contributed by atoms with Crippen LogP contribution in [0.3, 0.4) is 0 Å². The van der Waals surface area contributed by atoms with Crippen molar-refractivity contribution in [3.63, 3.8) is 0 Å². The number of nitrogens with zero attached hydrogens (tertiary/aromatic N) is 3. The van der Waals surface area contributed by atoms with E-state index in [1.165, 1.54) is 18.2 Å². The number of anilines is 1. The molecule has 0 aromatic heterocycles. The van der Waals surface area contributed by atoms with Crippen LogP contribution >= 0.6 is 0 Å². The summed E-state index contributed by atoms with van der Waals surface area (Å²) in [5, 5.41) is 27.0. The van der Waals surface area contributed by atoms with Gasteiger partial charge in [0.05, 0.1) is 16.2 Å². The normalized spacial score (nSPS) is 13.4. The molecule has 116 valence electrons. The lowest BCUT2D eigenvalue weighted by molar-refractivity contribution is -0.729. The Morgan fingerprint density at radius 1 is 1.22 bits per heavy atom. The largest absolute Gasteiger partial charge is 0.478 e. The van der Waals surface area contributed by atoms with Gasteiger partial charge in [0.2, 0.25) is 0 Å². The van der Waals surface area contributed by atoms with Gasteiger partial charge in [-0.1, -0.05) is 12.1 Å². The van der Waals surface area contributed by atoms with E-state index in [0.29, 0.717) is 18.1 Å². The molecule has 0 amide bonds. The molecule has 8 heteroatoms. The smallest absolute Gasteiger partial charge is 0.335 e. The Kier molecular flexibility index (Phi) is 3.63. The van der Waals surface area contributed by atoms with Gasteiger partial charge < -0.3 is 10.4 Å². The number of benzene rings is 2. The van der Waals surface area contributed by atoms with Crippen LogP contribution in [0.5, 0.6) is 0 Å². The number of hydrogen-bond donors (Lipinski definition) is 3. The highest BCUT2D eigenvalue weighted by molar-refractivity contribution is 6.02. The Bertz CT molecular complexity index is 801. The van der Waals surface area contributed by atoms with E-state index in [4.69, 9.17) is 10.3 Å². The Hall–Kier alpha value is -3.42. The summed E-state index contributed by atoms with van der Waals surface area (Å²) in [5.74, 6) is -0.436. The Labute approximate surface area is 130 Å². The fraction of sp³-hybridized carbons (Fsp3) is 0.0667. The third kappa shape index (κ3) is 2.95. The third-order valence-electron chi connectivity index (χ3n) is 3.37. The number of nitrogens with one attached hydrogen (secondary N) is 1. The zero-order valence-corrected chi connectivity index (χ0v) is 11.9. The van der Waals surface area contributed by atoms with E-state index in [1.807, 2.05) is 0 Å². The first-order valence-electron chi connectivity index (χ1n) is 6.74. The summed E-state index contributed by atoms with van der Waals surface area (Å²) < 4.78 is 0. The molecule has 3 N–H and O–H groups in total. The van der Waals surface area contributed by atoms with Gasteiger partial charge in [0.25, 0.3) is 4.92 Å². The second-order valence-corrected chi connectivity index (χ2v) is 4.86. The molecule has 0 saturated carbocycles. The van der Waals surface area contributed by atoms with Crippen LogP contribution in [0.2, 0.25) is 0 Å². The standard InChI is InChI=1S/C15H12N4O4/c20-15(21)11-3-1-2-10(8-11)14-16-9-18(17-14)12-4-6-13(7-5-12)19(22)23/h1-8H,9H2,(H2-,16,17,20,21,22,23)/p+1. The summed E-state index contributed by atoms with van der Waals surface area (Å²) in [6.07, 6.45) is 0. The average Bonchev–Trinajstić information content (AvgIpc) is 3.05. The summed E-state index contributed by atoms with van der Waals surface area (Å²) in [6, 6.07) is 12.7. The SMILES string of the molecule is O=C(O)c1cccc(C2=NN(c3ccc([N+](=O)O)cc3)CN2)c1.